The first-order valence-electron chi connectivity index (χ1n) is 9.25. The third-order valence-electron chi connectivity index (χ3n) is 6.37. The molecule has 0 aromatic rings. The summed E-state index contributed by atoms with van der Waals surface area (Å²) in [4.78, 5) is 0. The molecule has 2 spiro atoms. The van der Waals surface area contributed by atoms with Crippen LogP contribution < -0.4 is 0 Å². The zero-order valence-electron chi connectivity index (χ0n) is 14.9. The molecule has 2 atom stereocenters. The van der Waals surface area contributed by atoms with Crippen molar-refractivity contribution in [1.82, 2.24) is 0 Å². The molecule has 1 heterocycles. The monoisotopic (exact) mass is 282 g/mol. The molecule has 0 aromatic carbocycles. The van der Waals surface area contributed by atoms with E-state index in [1.54, 1.807) is 19.3 Å². The minimum atomic E-state index is 0.681. The SMILES string of the molecule is CC.CC.CC1CCC12CCC2.CC1CCC12COC2. The van der Waals surface area contributed by atoms with Gasteiger partial charge in [0.15, 0.2) is 0 Å². The number of rotatable bonds is 0. The predicted octanol–water partition coefficient (Wildman–Crippen LogP) is 6.07. The van der Waals surface area contributed by atoms with Gasteiger partial charge in [-0.05, 0) is 55.8 Å². The minimum absolute atomic E-state index is 0.681. The first-order chi connectivity index (χ1) is 9.67. The number of hydrogen-bond donors (Lipinski definition) is 0. The van der Waals surface area contributed by atoms with Crippen molar-refractivity contribution in [2.24, 2.45) is 22.7 Å². The molecule has 1 nitrogen and oxygen atoms in total. The van der Waals surface area contributed by atoms with E-state index in [0.29, 0.717) is 5.41 Å². The lowest BCUT2D eigenvalue weighted by molar-refractivity contribution is -0.189. The summed E-state index contributed by atoms with van der Waals surface area (Å²) in [5.41, 5.74) is 1.58. The van der Waals surface area contributed by atoms with Crippen LogP contribution in [0.2, 0.25) is 0 Å². The smallest absolute Gasteiger partial charge is 0.0547 e. The summed E-state index contributed by atoms with van der Waals surface area (Å²) in [5, 5.41) is 0. The largest absolute Gasteiger partial charge is 0.380 e. The van der Waals surface area contributed by atoms with Gasteiger partial charge in [-0.15, -0.1) is 0 Å². The van der Waals surface area contributed by atoms with E-state index in [9.17, 15) is 0 Å². The summed E-state index contributed by atoms with van der Waals surface area (Å²) >= 11 is 0. The van der Waals surface area contributed by atoms with E-state index in [0.717, 1.165) is 30.5 Å². The van der Waals surface area contributed by atoms with E-state index < -0.39 is 0 Å². The Kier molecular flexibility index (Phi) is 7.04. The van der Waals surface area contributed by atoms with Gasteiger partial charge in [-0.2, -0.15) is 0 Å². The molecule has 3 saturated carbocycles. The van der Waals surface area contributed by atoms with Gasteiger partial charge in [-0.3, -0.25) is 0 Å². The maximum atomic E-state index is 5.15. The van der Waals surface area contributed by atoms with E-state index in [2.05, 4.69) is 13.8 Å². The first kappa shape index (κ1) is 18.0. The summed E-state index contributed by atoms with van der Waals surface area (Å²) in [7, 11) is 0. The number of hydrogen-bond acceptors (Lipinski definition) is 1. The molecule has 20 heavy (non-hydrogen) atoms. The zero-order chi connectivity index (χ0) is 15.2. The average molecular weight is 283 g/mol. The fourth-order valence-electron chi connectivity index (χ4n) is 3.85. The molecule has 1 aliphatic heterocycles. The van der Waals surface area contributed by atoms with Crippen LogP contribution in [0, 0.1) is 22.7 Å². The maximum Gasteiger partial charge on any atom is 0.0547 e. The van der Waals surface area contributed by atoms with Gasteiger partial charge in [0.1, 0.15) is 0 Å². The van der Waals surface area contributed by atoms with Gasteiger partial charge in [-0.25, -0.2) is 0 Å². The Morgan fingerprint density at radius 2 is 1.15 bits per heavy atom. The molecule has 1 heteroatoms. The van der Waals surface area contributed by atoms with Crippen LogP contribution in [0.15, 0.2) is 0 Å². The Balaban J connectivity index is 0.000000161. The molecule has 0 aromatic heterocycles. The molecule has 1 saturated heterocycles. The van der Waals surface area contributed by atoms with Crippen LogP contribution in [0.5, 0.6) is 0 Å². The van der Waals surface area contributed by atoms with E-state index in [1.807, 2.05) is 27.7 Å². The third kappa shape index (κ3) is 3.24. The predicted molar refractivity (Wildman–Crippen MR) is 89.0 cm³/mol. The minimum Gasteiger partial charge on any atom is -0.380 e. The summed E-state index contributed by atoms with van der Waals surface area (Å²) in [6.07, 6.45) is 10.5. The van der Waals surface area contributed by atoms with Gasteiger partial charge >= 0.3 is 0 Å². The van der Waals surface area contributed by atoms with Crippen molar-refractivity contribution in [2.45, 2.75) is 86.5 Å². The van der Waals surface area contributed by atoms with Crippen LogP contribution in [0.4, 0.5) is 0 Å². The third-order valence-corrected chi connectivity index (χ3v) is 6.37. The van der Waals surface area contributed by atoms with Crippen LogP contribution in [0.1, 0.15) is 86.5 Å². The Morgan fingerprint density at radius 3 is 1.15 bits per heavy atom. The van der Waals surface area contributed by atoms with Crippen LogP contribution in [-0.2, 0) is 4.74 Å². The molecule has 4 fully saturated rings. The number of ether oxygens (including phenoxy) is 1. The fourth-order valence-corrected chi connectivity index (χ4v) is 3.85. The van der Waals surface area contributed by atoms with Crippen molar-refractivity contribution in [1.29, 1.82) is 0 Å². The van der Waals surface area contributed by atoms with E-state index in [4.69, 9.17) is 4.74 Å². The highest BCUT2D eigenvalue weighted by Crippen LogP contribution is 2.59. The molecule has 0 radical (unpaired) electrons. The van der Waals surface area contributed by atoms with Crippen LogP contribution in [-0.4, -0.2) is 13.2 Å². The van der Waals surface area contributed by atoms with Gasteiger partial charge in [0, 0.05) is 5.41 Å². The second-order valence-electron chi connectivity index (χ2n) is 6.95. The lowest BCUT2D eigenvalue weighted by Crippen LogP contribution is -2.53. The van der Waals surface area contributed by atoms with Gasteiger partial charge in [-0.1, -0.05) is 48.0 Å². The van der Waals surface area contributed by atoms with E-state index in [-0.39, 0.29) is 0 Å². The van der Waals surface area contributed by atoms with Crippen molar-refractivity contribution >= 4 is 0 Å². The molecule has 3 aliphatic carbocycles. The lowest BCUT2D eigenvalue weighted by atomic mass is 9.50. The van der Waals surface area contributed by atoms with Crippen LogP contribution in [0.3, 0.4) is 0 Å². The van der Waals surface area contributed by atoms with Gasteiger partial charge < -0.3 is 4.74 Å². The van der Waals surface area contributed by atoms with Gasteiger partial charge in [0.2, 0.25) is 0 Å². The highest BCUT2D eigenvalue weighted by atomic mass is 16.5. The second-order valence-corrected chi connectivity index (χ2v) is 6.95. The van der Waals surface area contributed by atoms with E-state index in [1.165, 1.54) is 25.7 Å². The fraction of sp³-hybridized carbons (Fsp3) is 1.00. The molecule has 4 rings (SSSR count). The molecule has 0 bridgehead atoms. The molecule has 2 unspecified atom stereocenters. The highest BCUT2D eigenvalue weighted by molar-refractivity contribution is 4.99. The molecule has 0 amide bonds. The Hall–Kier alpha value is -0.0400. The summed E-state index contributed by atoms with van der Waals surface area (Å²) in [6.45, 7) is 14.9. The summed E-state index contributed by atoms with van der Waals surface area (Å²) in [5.74, 6) is 2.03. The van der Waals surface area contributed by atoms with Crippen LogP contribution >= 0.6 is 0 Å². The maximum absolute atomic E-state index is 5.15. The molecular formula is C19H38O. The normalized spacial score (nSPS) is 33.3. The Bertz CT molecular complexity index is 224. The Morgan fingerprint density at radius 1 is 0.700 bits per heavy atom. The highest BCUT2D eigenvalue weighted by Gasteiger charge is 2.49. The second kappa shape index (κ2) is 7.82. The van der Waals surface area contributed by atoms with Gasteiger partial charge in [0.05, 0.1) is 13.2 Å². The Labute approximate surface area is 127 Å². The lowest BCUT2D eigenvalue weighted by Gasteiger charge is -2.55. The van der Waals surface area contributed by atoms with Crippen molar-refractivity contribution in [2.75, 3.05) is 13.2 Å². The topological polar surface area (TPSA) is 9.23 Å². The van der Waals surface area contributed by atoms with Crippen LogP contribution in [0.25, 0.3) is 0 Å². The molecule has 4 aliphatic rings. The summed E-state index contributed by atoms with van der Waals surface area (Å²) < 4.78 is 5.15. The molecule has 0 N–H and O–H groups in total. The van der Waals surface area contributed by atoms with Crippen molar-refractivity contribution in [3.05, 3.63) is 0 Å². The molecular weight excluding hydrogens is 244 g/mol. The van der Waals surface area contributed by atoms with E-state index >= 15 is 0 Å². The van der Waals surface area contributed by atoms with Gasteiger partial charge in [0.25, 0.3) is 0 Å². The zero-order valence-corrected chi connectivity index (χ0v) is 14.9. The van der Waals surface area contributed by atoms with Crippen molar-refractivity contribution in [3.8, 4) is 0 Å². The standard InChI is InChI=1S/C8H14.C7H12O.2C2H6/c1-7-3-6-8(7)4-2-5-8;1-6-2-3-7(6)4-8-5-7;2*1-2/h7H,2-6H2,1H3;6H,2-5H2,1H3;2*1-2H3. The summed E-state index contributed by atoms with van der Waals surface area (Å²) in [6, 6.07) is 0. The van der Waals surface area contributed by atoms with Crippen molar-refractivity contribution in [3.63, 3.8) is 0 Å². The molecule has 120 valence electrons. The van der Waals surface area contributed by atoms with Crippen molar-refractivity contribution < 1.29 is 4.74 Å². The average Bonchev–Trinajstić information content (AvgIpc) is 2.37. The quantitative estimate of drug-likeness (QED) is 0.524. The first-order valence-corrected chi connectivity index (χ1v) is 9.25.